The monoisotopic (exact) mass is 373 g/mol. The lowest BCUT2D eigenvalue weighted by molar-refractivity contribution is -0.154. The fourth-order valence-corrected chi connectivity index (χ4v) is 3.68. The predicted molar refractivity (Wildman–Crippen MR) is 99.1 cm³/mol. The summed E-state index contributed by atoms with van der Waals surface area (Å²) in [5.74, 6) is 0.259. The highest BCUT2D eigenvalue weighted by molar-refractivity contribution is 5.84. The lowest BCUT2D eigenvalue weighted by atomic mass is 9.86. The molecule has 0 aliphatic heterocycles. The minimum absolute atomic E-state index is 0.0396. The number of hydrogen-bond acceptors (Lipinski definition) is 6. The lowest BCUT2D eigenvalue weighted by Gasteiger charge is -2.30. The van der Waals surface area contributed by atoms with Crippen LogP contribution in [0, 0.1) is 19.8 Å². The van der Waals surface area contributed by atoms with Crippen LogP contribution in [0.2, 0.25) is 0 Å². The normalized spacial score (nSPS) is 21.0. The SMILES string of the molecule is Cc1nc2ncnn2c(C)c1CC(=O)O[C@H](C)C(=O)N[C@@H]1CCCC[C@@H]1C. The van der Waals surface area contributed by atoms with E-state index in [0.29, 0.717) is 17.4 Å². The molecule has 146 valence electrons. The van der Waals surface area contributed by atoms with Gasteiger partial charge in [0.25, 0.3) is 11.7 Å². The first-order valence-corrected chi connectivity index (χ1v) is 9.52. The highest BCUT2D eigenvalue weighted by Crippen LogP contribution is 2.23. The zero-order valence-corrected chi connectivity index (χ0v) is 16.4. The smallest absolute Gasteiger partial charge is 0.311 e. The molecular weight excluding hydrogens is 346 g/mol. The molecule has 27 heavy (non-hydrogen) atoms. The third kappa shape index (κ3) is 4.26. The third-order valence-electron chi connectivity index (χ3n) is 5.43. The van der Waals surface area contributed by atoms with Crippen molar-refractivity contribution in [2.75, 3.05) is 0 Å². The van der Waals surface area contributed by atoms with Crippen LogP contribution in [0.4, 0.5) is 0 Å². The van der Waals surface area contributed by atoms with Crippen molar-refractivity contribution in [3.05, 3.63) is 23.3 Å². The predicted octanol–water partition coefficient (Wildman–Crippen LogP) is 1.91. The van der Waals surface area contributed by atoms with E-state index >= 15 is 0 Å². The molecule has 1 N–H and O–H groups in total. The van der Waals surface area contributed by atoms with Crippen LogP contribution in [-0.2, 0) is 20.7 Å². The fourth-order valence-electron chi connectivity index (χ4n) is 3.68. The van der Waals surface area contributed by atoms with Gasteiger partial charge in [-0.2, -0.15) is 10.1 Å². The zero-order valence-electron chi connectivity index (χ0n) is 16.4. The van der Waals surface area contributed by atoms with E-state index in [1.165, 1.54) is 12.7 Å². The minimum atomic E-state index is -0.824. The van der Waals surface area contributed by atoms with E-state index in [2.05, 4.69) is 27.3 Å². The van der Waals surface area contributed by atoms with Gasteiger partial charge in [0.1, 0.15) is 6.33 Å². The van der Waals surface area contributed by atoms with Crippen molar-refractivity contribution >= 4 is 17.7 Å². The van der Waals surface area contributed by atoms with Crippen molar-refractivity contribution in [1.82, 2.24) is 24.9 Å². The Kier molecular flexibility index (Phi) is 5.72. The number of ether oxygens (including phenoxy) is 1. The second-order valence-electron chi connectivity index (χ2n) is 7.42. The zero-order chi connectivity index (χ0) is 19.6. The minimum Gasteiger partial charge on any atom is -0.452 e. The maximum absolute atomic E-state index is 12.4. The van der Waals surface area contributed by atoms with Crippen LogP contribution < -0.4 is 5.32 Å². The van der Waals surface area contributed by atoms with Gasteiger partial charge in [0, 0.05) is 23.0 Å². The van der Waals surface area contributed by atoms with E-state index in [9.17, 15) is 9.59 Å². The van der Waals surface area contributed by atoms with Gasteiger partial charge in [-0.15, -0.1) is 0 Å². The number of rotatable bonds is 5. The molecule has 1 aliphatic carbocycles. The average molecular weight is 373 g/mol. The van der Waals surface area contributed by atoms with Crippen molar-refractivity contribution in [3.8, 4) is 0 Å². The molecule has 8 heteroatoms. The molecule has 3 rings (SSSR count). The van der Waals surface area contributed by atoms with Crippen LogP contribution in [0.1, 0.15) is 56.5 Å². The first-order valence-electron chi connectivity index (χ1n) is 9.52. The van der Waals surface area contributed by atoms with Gasteiger partial charge >= 0.3 is 5.97 Å². The average Bonchev–Trinajstić information content (AvgIpc) is 3.09. The first kappa shape index (κ1) is 19.3. The number of hydrogen-bond donors (Lipinski definition) is 1. The number of aryl methyl sites for hydroxylation is 2. The molecule has 1 saturated carbocycles. The van der Waals surface area contributed by atoms with E-state index in [0.717, 1.165) is 30.5 Å². The highest BCUT2D eigenvalue weighted by Gasteiger charge is 2.26. The Labute approximate surface area is 158 Å². The number of aromatic nitrogens is 4. The topological polar surface area (TPSA) is 98.5 Å². The molecule has 0 unspecified atom stereocenters. The number of esters is 1. The molecule has 8 nitrogen and oxygen atoms in total. The number of amides is 1. The maximum Gasteiger partial charge on any atom is 0.311 e. The molecule has 1 amide bonds. The van der Waals surface area contributed by atoms with Crippen molar-refractivity contribution in [2.24, 2.45) is 5.92 Å². The Bertz CT molecular complexity index is 847. The second-order valence-corrected chi connectivity index (χ2v) is 7.42. The Hall–Kier alpha value is -2.51. The number of nitrogens with zero attached hydrogens (tertiary/aromatic N) is 4. The molecule has 0 bridgehead atoms. The van der Waals surface area contributed by atoms with E-state index in [1.54, 1.807) is 11.4 Å². The van der Waals surface area contributed by atoms with Gasteiger partial charge in [-0.3, -0.25) is 9.59 Å². The van der Waals surface area contributed by atoms with E-state index in [4.69, 9.17) is 4.74 Å². The van der Waals surface area contributed by atoms with Crippen molar-refractivity contribution in [2.45, 2.75) is 71.9 Å². The molecule has 3 atom stereocenters. The summed E-state index contributed by atoms with van der Waals surface area (Å²) in [5.41, 5.74) is 2.24. The molecular formula is C19H27N5O3. The molecule has 2 aromatic heterocycles. The Balaban J connectivity index is 1.61. The van der Waals surface area contributed by atoms with Crippen LogP contribution in [0.25, 0.3) is 5.78 Å². The maximum atomic E-state index is 12.4. The largest absolute Gasteiger partial charge is 0.452 e. The molecule has 1 fully saturated rings. The van der Waals surface area contributed by atoms with Gasteiger partial charge in [-0.05, 0) is 39.5 Å². The van der Waals surface area contributed by atoms with E-state index in [-0.39, 0.29) is 18.4 Å². The van der Waals surface area contributed by atoms with Crippen LogP contribution in [0.15, 0.2) is 6.33 Å². The van der Waals surface area contributed by atoms with E-state index < -0.39 is 12.1 Å². The van der Waals surface area contributed by atoms with Crippen molar-refractivity contribution in [3.63, 3.8) is 0 Å². The Morgan fingerprint density at radius 3 is 2.81 bits per heavy atom. The van der Waals surface area contributed by atoms with Crippen molar-refractivity contribution in [1.29, 1.82) is 0 Å². The number of nitrogens with one attached hydrogen (secondary N) is 1. The Morgan fingerprint density at radius 1 is 1.33 bits per heavy atom. The van der Waals surface area contributed by atoms with Gasteiger partial charge in [0.05, 0.1) is 6.42 Å². The van der Waals surface area contributed by atoms with Crippen molar-refractivity contribution < 1.29 is 14.3 Å². The van der Waals surface area contributed by atoms with Crippen LogP contribution in [0.5, 0.6) is 0 Å². The summed E-state index contributed by atoms with van der Waals surface area (Å²) in [6.07, 6.45) is 5.08. The standard InChI is InChI=1S/C19H27N5O3/c1-11-7-5-6-8-16(11)23-18(26)14(4)27-17(25)9-15-12(2)22-19-20-10-21-24(19)13(15)3/h10-11,14,16H,5-9H2,1-4H3,(H,23,26)/t11-,14+,16+/m0/s1. The lowest BCUT2D eigenvalue weighted by Crippen LogP contribution is -2.46. The van der Waals surface area contributed by atoms with Crippen LogP contribution in [0.3, 0.4) is 0 Å². The number of carbonyl (C=O) groups excluding carboxylic acids is 2. The van der Waals surface area contributed by atoms with Gasteiger partial charge < -0.3 is 10.1 Å². The quantitative estimate of drug-likeness (QED) is 0.804. The second kappa shape index (κ2) is 8.02. The summed E-state index contributed by atoms with van der Waals surface area (Å²) < 4.78 is 6.97. The molecule has 0 radical (unpaired) electrons. The van der Waals surface area contributed by atoms with Gasteiger partial charge in [-0.1, -0.05) is 19.8 Å². The highest BCUT2D eigenvalue weighted by atomic mass is 16.5. The fraction of sp³-hybridized carbons (Fsp3) is 0.632. The summed E-state index contributed by atoms with van der Waals surface area (Å²) in [5, 5.41) is 7.15. The first-order chi connectivity index (χ1) is 12.9. The number of carbonyl (C=O) groups is 2. The summed E-state index contributed by atoms with van der Waals surface area (Å²) >= 11 is 0. The van der Waals surface area contributed by atoms with Crippen LogP contribution in [-0.4, -0.2) is 43.6 Å². The molecule has 0 spiro atoms. The third-order valence-corrected chi connectivity index (χ3v) is 5.43. The molecule has 0 saturated heterocycles. The number of fused-ring (bicyclic) bond motifs is 1. The summed E-state index contributed by atoms with van der Waals surface area (Å²) in [6, 6.07) is 0.163. The van der Waals surface area contributed by atoms with E-state index in [1.807, 2.05) is 13.8 Å². The Morgan fingerprint density at radius 2 is 2.07 bits per heavy atom. The van der Waals surface area contributed by atoms with Crippen LogP contribution >= 0.6 is 0 Å². The molecule has 2 heterocycles. The molecule has 2 aromatic rings. The molecule has 1 aliphatic rings. The molecule has 0 aromatic carbocycles. The van der Waals surface area contributed by atoms with Gasteiger partial charge in [-0.25, -0.2) is 9.50 Å². The summed E-state index contributed by atoms with van der Waals surface area (Å²) in [7, 11) is 0. The summed E-state index contributed by atoms with van der Waals surface area (Å²) in [4.78, 5) is 33.2. The van der Waals surface area contributed by atoms with Gasteiger partial charge in [0.15, 0.2) is 6.10 Å². The summed E-state index contributed by atoms with van der Waals surface area (Å²) in [6.45, 7) is 7.45. The van der Waals surface area contributed by atoms with Gasteiger partial charge in [0.2, 0.25) is 0 Å².